The number of nitrogens with zero attached hydrogens (tertiary/aromatic N) is 2. The number of anilines is 1. The number of hydrogen-bond acceptors (Lipinski definition) is 4. The molecule has 1 aliphatic rings. The van der Waals surface area contributed by atoms with E-state index in [0.29, 0.717) is 6.04 Å². The van der Waals surface area contributed by atoms with Gasteiger partial charge in [-0.05, 0) is 25.8 Å². The summed E-state index contributed by atoms with van der Waals surface area (Å²) < 4.78 is 11.2. The van der Waals surface area contributed by atoms with Gasteiger partial charge in [-0.1, -0.05) is 0 Å². The summed E-state index contributed by atoms with van der Waals surface area (Å²) in [4.78, 5) is 8.33. The van der Waals surface area contributed by atoms with Gasteiger partial charge in [0.05, 0.1) is 0 Å². The van der Waals surface area contributed by atoms with Gasteiger partial charge in [-0.15, -0.1) is 0 Å². The van der Waals surface area contributed by atoms with E-state index < -0.39 is 10.8 Å². The van der Waals surface area contributed by atoms with Crippen LogP contribution in [-0.4, -0.2) is 31.7 Å². The van der Waals surface area contributed by atoms with E-state index in [0.717, 1.165) is 36.0 Å². The van der Waals surface area contributed by atoms with E-state index in [-0.39, 0.29) is 0 Å². The van der Waals surface area contributed by atoms with Crippen LogP contribution in [0.1, 0.15) is 18.7 Å². The number of nitrogens with one attached hydrogen (secondary N) is 1. The van der Waals surface area contributed by atoms with Gasteiger partial charge in [-0.2, -0.15) is 0 Å². The maximum atomic E-state index is 11.2. The van der Waals surface area contributed by atoms with Crippen LogP contribution < -0.4 is 5.32 Å². The highest BCUT2D eigenvalue weighted by molar-refractivity contribution is 7.85. The monoisotopic (exact) mass is 225 g/mol. The minimum Gasteiger partial charge on any atom is -0.367 e. The van der Waals surface area contributed by atoms with Crippen molar-refractivity contribution in [1.29, 1.82) is 0 Å². The third kappa shape index (κ3) is 2.99. The van der Waals surface area contributed by atoms with Gasteiger partial charge in [0.1, 0.15) is 11.6 Å². The average Bonchev–Trinajstić information content (AvgIpc) is 2.22. The minimum atomic E-state index is -0.596. The van der Waals surface area contributed by atoms with Crippen molar-refractivity contribution in [3.8, 4) is 0 Å². The van der Waals surface area contributed by atoms with Gasteiger partial charge < -0.3 is 5.32 Å². The van der Waals surface area contributed by atoms with Crippen LogP contribution in [0.15, 0.2) is 12.3 Å². The zero-order valence-corrected chi connectivity index (χ0v) is 9.59. The summed E-state index contributed by atoms with van der Waals surface area (Å²) in [6, 6.07) is 2.29. The molecule has 0 unspecified atom stereocenters. The van der Waals surface area contributed by atoms with E-state index in [2.05, 4.69) is 15.3 Å². The molecule has 15 heavy (non-hydrogen) atoms. The first-order chi connectivity index (χ1) is 7.24. The van der Waals surface area contributed by atoms with Crippen LogP contribution in [0, 0.1) is 6.92 Å². The maximum Gasteiger partial charge on any atom is 0.129 e. The van der Waals surface area contributed by atoms with Gasteiger partial charge in [0.2, 0.25) is 0 Å². The van der Waals surface area contributed by atoms with Crippen molar-refractivity contribution in [1.82, 2.24) is 9.97 Å². The zero-order valence-electron chi connectivity index (χ0n) is 8.77. The molecule has 0 saturated carbocycles. The Morgan fingerprint density at radius 2 is 2.20 bits per heavy atom. The first-order valence-corrected chi connectivity index (χ1v) is 6.64. The second-order valence-electron chi connectivity index (χ2n) is 3.76. The summed E-state index contributed by atoms with van der Waals surface area (Å²) in [5.74, 6) is 3.27. The Hall–Kier alpha value is -0.970. The quantitative estimate of drug-likeness (QED) is 0.819. The third-order valence-corrected chi connectivity index (χ3v) is 3.90. The van der Waals surface area contributed by atoms with Crippen molar-refractivity contribution in [3.63, 3.8) is 0 Å². The SMILES string of the molecule is Cc1nccc(NC2CCS(=O)CC2)n1. The molecule has 0 spiro atoms. The fourth-order valence-electron chi connectivity index (χ4n) is 1.68. The Kier molecular flexibility index (Phi) is 3.30. The van der Waals surface area contributed by atoms with Gasteiger partial charge >= 0.3 is 0 Å². The molecule has 1 aromatic rings. The molecular weight excluding hydrogens is 210 g/mol. The Morgan fingerprint density at radius 3 is 2.87 bits per heavy atom. The highest BCUT2D eigenvalue weighted by atomic mass is 32.2. The molecule has 0 atom stereocenters. The van der Waals surface area contributed by atoms with Crippen molar-refractivity contribution in [2.75, 3.05) is 16.8 Å². The second kappa shape index (κ2) is 4.70. The fourth-order valence-corrected chi connectivity index (χ4v) is 2.98. The van der Waals surface area contributed by atoms with E-state index in [1.807, 2.05) is 13.0 Å². The summed E-state index contributed by atoms with van der Waals surface area (Å²) in [6.07, 6.45) is 3.69. The molecule has 4 nitrogen and oxygen atoms in total. The standard InChI is InChI=1S/C10H15N3OS/c1-8-11-5-2-10(12-8)13-9-3-6-15(14)7-4-9/h2,5,9H,3-4,6-7H2,1H3,(H,11,12,13). The molecule has 0 amide bonds. The molecule has 1 saturated heterocycles. The highest BCUT2D eigenvalue weighted by Gasteiger charge is 2.17. The van der Waals surface area contributed by atoms with Crippen LogP contribution in [0.25, 0.3) is 0 Å². The average molecular weight is 225 g/mol. The Bertz CT molecular complexity index is 359. The fraction of sp³-hybridized carbons (Fsp3) is 0.600. The Morgan fingerprint density at radius 1 is 1.47 bits per heavy atom. The van der Waals surface area contributed by atoms with Crippen LogP contribution in [0.5, 0.6) is 0 Å². The van der Waals surface area contributed by atoms with Crippen LogP contribution in [0.2, 0.25) is 0 Å². The molecule has 82 valence electrons. The molecule has 0 bridgehead atoms. The molecule has 0 aliphatic carbocycles. The van der Waals surface area contributed by atoms with Crippen molar-refractivity contribution < 1.29 is 4.21 Å². The predicted octanol–water partition coefficient (Wildman–Crippen LogP) is 1.11. The van der Waals surface area contributed by atoms with Crippen LogP contribution >= 0.6 is 0 Å². The van der Waals surface area contributed by atoms with Crippen molar-refractivity contribution >= 4 is 16.6 Å². The summed E-state index contributed by atoms with van der Waals surface area (Å²) in [5.41, 5.74) is 0. The third-order valence-electron chi connectivity index (χ3n) is 2.52. The van der Waals surface area contributed by atoms with Gasteiger partial charge in [-0.25, -0.2) is 9.97 Å². The normalized spacial score (nSPS) is 26.2. The second-order valence-corrected chi connectivity index (χ2v) is 5.45. The minimum absolute atomic E-state index is 0.414. The predicted molar refractivity (Wildman–Crippen MR) is 61.3 cm³/mol. The van der Waals surface area contributed by atoms with E-state index in [4.69, 9.17) is 0 Å². The largest absolute Gasteiger partial charge is 0.367 e. The molecule has 1 aromatic heterocycles. The van der Waals surface area contributed by atoms with E-state index in [9.17, 15) is 4.21 Å². The van der Waals surface area contributed by atoms with E-state index in [1.165, 1.54) is 0 Å². The summed E-state index contributed by atoms with van der Waals surface area (Å²) in [6.45, 7) is 1.88. The topological polar surface area (TPSA) is 54.9 Å². The lowest BCUT2D eigenvalue weighted by Gasteiger charge is -2.22. The lowest BCUT2D eigenvalue weighted by Crippen LogP contribution is -2.29. The molecule has 5 heteroatoms. The molecule has 1 fully saturated rings. The molecule has 1 aliphatic heterocycles. The van der Waals surface area contributed by atoms with E-state index >= 15 is 0 Å². The molecule has 1 N–H and O–H groups in total. The van der Waals surface area contributed by atoms with Crippen molar-refractivity contribution in [2.45, 2.75) is 25.8 Å². The van der Waals surface area contributed by atoms with E-state index in [1.54, 1.807) is 6.20 Å². The Balaban J connectivity index is 1.94. The smallest absolute Gasteiger partial charge is 0.129 e. The van der Waals surface area contributed by atoms with Gasteiger partial charge in [0.25, 0.3) is 0 Å². The highest BCUT2D eigenvalue weighted by Crippen LogP contribution is 2.14. The molecule has 2 heterocycles. The number of hydrogen-bond donors (Lipinski definition) is 1. The Labute approximate surface area is 92.0 Å². The summed E-state index contributed by atoms with van der Waals surface area (Å²) in [7, 11) is -0.596. The first-order valence-electron chi connectivity index (χ1n) is 5.15. The number of aromatic nitrogens is 2. The number of rotatable bonds is 2. The van der Waals surface area contributed by atoms with Gasteiger partial charge in [0, 0.05) is 34.5 Å². The van der Waals surface area contributed by atoms with Crippen LogP contribution in [0.3, 0.4) is 0 Å². The lowest BCUT2D eigenvalue weighted by atomic mass is 10.1. The van der Waals surface area contributed by atoms with Gasteiger partial charge in [0.15, 0.2) is 0 Å². The molecule has 0 aromatic carbocycles. The van der Waals surface area contributed by atoms with Crippen molar-refractivity contribution in [3.05, 3.63) is 18.1 Å². The summed E-state index contributed by atoms with van der Waals surface area (Å²) >= 11 is 0. The number of aryl methyl sites for hydroxylation is 1. The molecule has 2 rings (SSSR count). The zero-order chi connectivity index (χ0) is 10.7. The molecule has 0 radical (unpaired) electrons. The maximum absolute atomic E-state index is 11.2. The van der Waals surface area contributed by atoms with Crippen LogP contribution in [-0.2, 0) is 10.8 Å². The van der Waals surface area contributed by atoms with Crippen molar-refractivity contribution in [2.24, 2.45) is 0 Å². The van der Waals surface area contributed by atoms with Gasteiger partial charge in [-0.3, -0.25) is 4.21 Å². The summed E-state index contributed by atoms with van der Waals surface area (Å²) in [5, 5.41) is 3.36. The first kappa shape index (κ1) is 10.5. The molecular formula is C10H15N3OS. The van der Waals surface area contributed by atoms with Crippen LogP contribution in [0.4, 0.5) is 5.82 Å². The lowest BCUT2D eigenvalue weighted by molar-refractivity contribution is 0.622.